The number of esters is 1. The molecule has 5 heteroatoms. The van der Waals surface area contributed by atoms with Crippen LogP contribution in [0.2, 0.25) is 0 Å². The van der Waals surface area contributed by atoms with Gasteiger partial charge >= 0.3 is 5.97 Å². The van der Waals surface area contributed by atoms with Crippen molar-refractivity contribution in [2.24, 2.45) is 0 Å². The highest BCUT2D eigenvalue weighted by Crippen LogP contribution is 2.32. The molecule has 1 atom stereocenters. The number of nitrogens with zero attached hydrogens (tertiary/aromatic N) is 1. The van der Waals surface area contributed by atoms with E-state index in [9.17, 15) is 14.7 Å². The minimum atomic E-state index is -1.49. The van der Waals surface area contributed by atoms with E-state index in [0.717, 1.165) is 0 Å². The van der Waals surface area contributed by atoms with Crippen LogP contribution in [0.25, 0.3) is 0 Å². The number of benzene rings is 1. The van der Waals surface area contributed by atoms with Crippen LogP contribution in [0.5, 0.6) is 0 Å². The Labute approximate surface area is 111 Å². The van der Waals surface area contributed by atoms with E-state index in [1.165, 1.54) is 24.2 Å². The maximum atomic E-state index is 11.8. The lowest BCUT2D eigenvalue weighted by atomic mass is 10.0. The lowest BCUT2D eigenvalue weighted by Gasteiger charge is -2.33. The Hall–Kier alpha value is -2.14. The van der Waals surface area contributed by atoms with Gasteiger partial charge < -0.3 is 14.7 Å². The standard InChI is InChI=1S/C14H15NO4/c1-19-13(17)8-10-15-12(16)7-9-14(15,18)11-5-3-2-4-6-11/h2-7,9,18H,8,10H2,1H3. The van der Waals surface area contributed by atoms with E-state index in [-0.39, 0.29) is 18.9 Å². The molecule has 0 spiro atoms. The van der Waals surface area contributed by atoms with Crippen molar-refractivity contribution in [3.63, 3.8) is 0 Å². The van der Waals surface area contributed by atoms with Crippen molar-refractivity contribution in [2.75, 3.05) is 13.7 Å². The van der Waals surface area contributed by atoms with Gasteiger partial charge in [-0.15, -0.1) is 0 Å². The Kier molecular flexibility index (Phi) is 3.66. The normalized spacial score (nSPS) is 21.8. The number of hydrogen-bond donors (Lipinski definition) is 1. The van der Waals surface area contributed by atoms with Crippen LogP contribution in [0.3, 0.4) is 0 Å². The average molecular weight is 261 g/mol. The third-order valence-electron chi connectivity index (χ3n) is 3.10. The molecule has 0 fully saturated rings. The molecule has 1 heterocycles. The third-order valence-corrected chi connectivity index (χ3v) is 3.10. The zero-order chi connectivity index (χ0) is 13.9. The van der Waals surface area contributed by atoms with Gasteiger partial charge in [-0.3, -0.25) is 9.59 Å². The van der Waals surface area contributed by atoms with E-state index in [1.807, 2.05) is 6.07 Å². The van der Waals surface area contributed by atoms with Crippen molar-refractivity contribution >= 4 is 11.9 Å². The molecule has 0 radical (unpaired) electrons. The van der Waals surface area contributed by atoms with Crippen LogP contribution in [0.15, 0.2) is 42.5 Å². The summed E-state index contributed by atoms with van der Waals surface area (Å²) in [5.41, 5.74) is -0.909. The van der Waals surface area contributed by atoms with E-state index in [0.29, 0.717) is 5.56 Å². The van der Waals surface area contributed by atoms with Crippen molar-refractivity contribution in [3.8, 4) is 0 Å². The summed E-state index contributed by atoms with van der Waals surface area (Å²) in [6, 6.07) is 8.85. The van der Waals surface area contributed by atoms with E-state index in [4.69, 9.17) is 0 Å². The molecule has 19 heavy (non-hydrogen) atoms. The second-order valence-corrected chi connectivity index (χ2v) is 4.24. The Balaban J connectivity index is 2.21. The molecule has 1 aliphatic rings. The van der Waals surface area contributed by atoms with Crippen LogP contribution in [-0.4, -0.2) is 35.5 Å². The van der Waals surface area contributed by atoms with Crippen LogP contribution in [0, 0.1) is 0 Å². The molecule has 1 unspecified atom stereocenters. The van der Waals surface area contributed by atoms with Crippen molar-refractivity contribution in [1.29, 1.82) is 0 Å². The highest BCUT2D eigenvalue weighted by atomic mass is 16.5. The van der Waals surface area contributed by atoms with Gasteiger partial charge in [0.25, 0.3) is 0 Å². The van der Waals surface area contributed by atoms with Crippen molar-refractivity contribution in [3.05, 3.63) is 48.0 Å². The fourth-order valence-electron chi connectivity index (χ4n) is 2.06. The van der Waals surface area contributed by atoms with Crippen molar-refractivity contribution in [1.82, 2.24) is 4.90 Å². The molecule has 1 aromatic carbocycles. The highest BCUT2D eigenvalue weighted by molar-refractivity contribution is 5.91. The highest BCUT2D eigenvalue weighted by Gasteiger charge is 2.40. The molecule has 0 saturated carbocycles. The summed E-state index contributed by atoms with van der Waals surface area (Å²) >= 11 is 0. The lowest BCUT2D eigenvalue weighted by Crippen LogP contribution is -2.44. The molecular formula is C14H15NO4. The topological polar surface area (TPSA) is 66.8 Å². The Morgan fingerprint density at radius 3 is 2.68 bits per heavy atom. The molecule has 0 aliphatic carbocycles. The van der Waals surface area contributed by atoms with E-state index >= 15 is 0 Å². The molecular weight excluding hydrogens is 246 g/mol. The van der Waals surface area contributed by atoms with Gasteiger partial charge in [0.1, 0.15) is 0 Å². The molecule has 2 rings (SSSR count). The molecule has 0 bridgehead atoms. The fourth-order valence-corrected chi connectivity index (χ4v) is 2.06. The van der Waals surface area contributed by atoms with Gasteiger partial charge in [-0.1, -0.05) is 30.3 Å². The molecule has 100 valence electrons. The number of amides is 1. The van der Waals surface area contributed by atoms with Gasteiger partial charge in [-0.05, 0) is 6.08 Å². The van der Waals surface area contributed by atoms with E-state index < -0.39 is 11.7 Å². The molecule has 1 aromatic rings. The zero-order valence-electron chi connectivity index (χ0n) is 10.6. The number of carbonyl (C=O) groups is 2. The summed E-state index contributed by atoms with van der Waals surface area (Å²) in [6.07, 6.45) is 2.78. The monoisotopic (exact) mass is 261 g/mol. The van der Waals surface area contributed by atoms with Crippen molar-refractivity contribution in [2.45, 2.75) is 12.1 Å². The van der Waals surface area contributed by atoms with Gasteiger partial charge in [0, 0.05) is 18.2 Å². The van der Waals surface area contributed by atoms with E-state index in [2.05, 4.69) is 4.74 Å². The van der Waals surface area contributed by atoms with Gasteiger partial charge in [0.05, 0.1) is 13.5 Å². The van der Waals surface area contributed by atoms with Gasteiger partial charge in [-0.25, -0.2) is 0 Å². The zero-order valence-corrected chi connectivity index (χ0v) is 10.6. The number of hydrogen-bond acceptors (Lipinski definition) is 4. The van der Waals surface area contributed by atoms with Crippen molar-refractivity contribution < 1.29 is 19.4 Å². The molecule has 0 saturated heterocycles. The molecule has 1 amide bonds. The third kappa shape index (κ3) is 2.51. The van der Waals surface area contributed by atoms with Crippen LogP contribution in [0.4, 0.5) is 0 Å². The summed E-state index contributed by atoms with van der Waals surface area (Å²) in [5, 5.41) is 10.6. The number of rotatable bonds is 4. The minimum absolute atomic E-state index is 0.0407. The molecule has 0 aromatic heterocycles. The predicted molar refractivity (Wildman–Crippen MR) is 67.8 cm³/mol. The maximum absolute atomic E-state index is 11.8. The number of methoxy groups -OCH3 is 1. The number of carbonyl (C=O) groups excluding carboxylic acids is 2. The smallest absolute Gasteiger partial charge is 0.307 e. The molecule has 1 aliphatic heterocycles. The maximum Gasteiger partial charge on any atom is 0.307 e. The van der Waals surface area contributed by atoms with Crippen LogP contribution in [0.1, 0.15) is 12.0 Å². The molecule has 1 N–H and O–H groups in total. The summed E-state index contributed by atoms with van der Waals surface area (Å²) in [4.78, 5) is 24.2. The Bertz CT molecular complexity index is 511. The largest absolute Gasteiger partial charge is 0.469 e. The fraction of sp³-hybridized carbons (Fsp3) is 0.286. The molecule has 5 nitrogen and oxygen atoms in total. The first-order valence-corrected chi connectivity index (χ1v) is 5.93. The lowest BCUT2D eigenvalue weighted by molar-refractivity contribution is -0.147. The van der Waals surface area contributed by atoms with Gasteiger partial charge in [-0.2, -0.15) is 0 Å². The minimum Gasteiger partial charge on any atom is -0.469 e. The summed E-state index contributed by atoms with van der Waals surface area (Å²) in [5.74, 6) is -0.745. The van der Waals surface area contributed by atoms with E-state index in [1.54, 1.807) is 24.3 Å². The SMILES string of the molecule is COC(=O)CCN1C(=O)C=CC1(O)c1ccccc1. The Morgan fingerprint density at radius 2 is 2.05 bits per heavy atom. The average Bonchev–Trinajstić information content (AvgIpc) is 2.74. The quantitative estimate of drug-likeness (QED) is 0.814. The summed E-state index contributed by atoms with van der Waals surface area (Å²) < 4.78 is 4.54. The second-order valence-electron chi connectivity index (χ2n) is 4.24. The summed E-state index contributed by atoms with van der Waals surface area (Å²) in [7, 11) is 1.29. The second kappa shape index (κ2) is 5.24. The first kappa shape index (κ1) is 13.3. The predicted octanol–water partition coefficient (Wildman–Crippen LogP) is 0.793. The van der Waals surface area contributed by atoms with Crippen LogP contribution in [-0.2, 0) is 20.1 Å². The Morgan fingerprint density at radius 1 is 1.37 bits per heavy atom. The van der Waals surface area contributed by atoms with Gasteiger partial charge in [0.2, 0.25) is 5.91 Å². The summed E-state index contributed by atoms with van der Waals surface area (Å²) in [6.45, 7) is 0.101. The first-order chi connectivity index (χ1) is 9.08. The first-order valence-electron chi connectivity index (χ1n) is 5.93. The van der Waals surface area contributed by atoms with Crippen LogP contribution >= 0.6 is 0 Å². The van der Waals surface area contributed by atoms with Gasteiger partial charge in [0.15, 0.2) is 5.72 Å². The van der Waals surface area contributed by atoms with Crippen LogP contribution < -0.4 is 0 Å². The number of aliphatic hydroxyl groups is 1. The number of ether oxygens (including phenoxy) is 1.